The minimum Gasteiger partial charge on any atom is -0.506 e. The minimum absolute atomic E-state index is 0.141. The van der Waals surface area contributed by atoms with E-state index >= 15 is 0 Å². The Hall–Kier alpha value is -0.0600. The van der Waals surface area contributed by atoms with Crippen molar-refractivity contribution in [3.8, 4) is 5.75 Å². The summed E-state index contributed by atoms with van der Waals surface area (Å²) >= 11 is 11.9. The molecular formula is C7H3Br2ClO2. The lowest BCUT2D eigenvalue weighted by Gasteiger charge is -2.04. The highest BCUT2D eigenvalue weighted by Crippen LogP contribution is 2.38. The summed E-state index contributed by atoms with van der Waals surface area (Å²) in [6.07, 6.45) is 0.557. The van der Waals surface area contributed by atoms with E-state index in [1.165, 1.54) is 6.07 Å². The summed E-state index contributed by atoms with van der Waals surface area (Å²) in [4.78, 5) is 10.4. The van der Waals surface area contributed by atoms with Crippen LogP contribution < -0.4 is 0 Å². The fourth-order valence-electron chi connectivity index (χ4n) is 0.694. The van der Waals surface area contributed by atoms with Crippen LogP contribution in [0.4, 0.5) is 0 Å². The van der Waals surface area contributed by atoms with E-state index in [2.05, 4.69) is 31.9 Å². The van der Waals surface area contributed by atoms with Crippen molar-refractivity contribution in [3.05, 3.63) is 25.6 Å². The van der Waals surface area contributed by atoms with Gasteiger partial charge in [0.25, 0.3) is 0 Å². The first-order valence-electron chi connectivity index (χ1n) is 2.89. The Labute approximate surface area is 90.8 Å². The van der Waals surface area contributed by atoms with Gasteiger partial charge in [-0.25, -0.2) is 0 Å². The Kier molecular flexibility index (Phi) is 3.15. The van der Waals surface area contributed by atoms with E-state index in [1.807, 2.05) is 0 Å². The molecule has 1 aromatic carbocycles. The van der Waals surface area contributed by atoms with Crippen LogP contribution in [0.15, 0.2) is 15.0 Å². The number of aromatic hydroxyl groups is 1. The molecule has 0 amide bonds. The first-order chi connectivity index (χ1) is 5.57. The average Bonchev–Trinajstić information content (AvgIpc) is 2.08. The van der Waals surface area contributed by atoms with E-state index in [-0.39, 0.29) is 11.3 Å². The summed E-state index contributed by atoms with van der Waals surface area (Å²) in [5.41, 5.74) is 0.193. The third kappa shape index (κ3) is 1.65. The topological polar surface area (TPSA) is 37.3 Å². The van der Waals surface area contributed by atoms with Crippen LogP contribution in [-0.4, -0.2) is 11.4 Å². The molecule has 0 aromatic heterocycles. The molecule has 0 aliphatic carbocycles. The van der Waals surface area contributed by atoms with Gasteiger partial charge in [0.05, 0.1) is 15.1 Å². The van der Waals surface area contributed by atoms with E-state index in [0.717, 1.165) is 0 Å². The normalized spacial score (nSPS) is 9.92. The molecule has 1 N–H and O–H groups in total. The largest absolute Gasteiger partial charge is 0.506 e. The molecule has 0 aliphatic heterocycles. The number of hydrogen-bond donors (Lipinski definition) is 1. The van der Waals surface area contributed by atoms with Gasteiger partial charge in [-0.3, -0.25) is 4.79 Å². The number of hydrogen-bond acceptors (Lipinski definition) is 2. The van der Waals surface area contributed by atoms with E-state index in [0.29, 0.717) is 20.3 Å². The zero-order valence-corrected chi connectivity index (χ0v) is 9.57. The highest BCUT2D eigenvalue weighted by molar-refractivity contribution is 9.11. The predicted molar refractivity (Wildman–Crippen MR) is 53.9 cm³/mol. The number of aldehydes is 1. The van der Waals surface area contributed by atoms with Crippen molar-refractivity contribution in [1.82, 2.24) is 0 Å². The molecule has 0 spiro atoms. The predicted octanol–water partition coefficient (Wildman–Crippen LogP) is 3.38. The lowest BCUT2D eigenvalue weighted by atomic mass is 10.2. The summed E-state index contributed by atoms with van der Waals surface area (Å²) in [6.45, 7) is 0. The second-order valence-corrected chi connectivity index (χ2v) is 4.07. The molecule has 0 unspecified atom stereocenters. The van der Waals surface area contributed by atoms with Gasteiger partial charge in [-0.2, -0.15) is 0 Å². The van der Waals surface area contributed by atoms with E-state index in [1.54, 1.807) is 0 Å². The standard InChI is InChI=1S/C7H3Br2ClO2/c8-4-1-3(2-11)7(12)5(9)6(4)10/h1-2,12H. The summed E-state index contributed by atoms with van der Waals surface area (Å²) in [5, 5.41) is 9.66. The van der Waals surface area contributed by atoms with Gasteiger partial charge < -0.3 is 5.11 Å². The van der Waals surface area contributed by atoms with Gasteiger partial charge in [-0.15, -0.1) is 0 Å². The smallest absolute Gasteiger partial charge is 0.153 e. The van der Waals surface area contributed by atoms with Gasteiger partial charge in [0, 0.05) is 4.47 Å². The number of phenolic OH excluding ortho intramolecular Hbond substituents is 1. The van der Waals surface area contributed by atoms with Crippen LogP contribution in [0.3, 0.4) is 0 Å². The molecule has 0 atom stereocenters. The minimum atomic E-state index is -0.141. The molecule has 1 aromatic rings. The molecule has 0 radical (unpaired) electrons. The monoisotopic (exact) mass is 312 g/mol. The quantitative estimate of drug-likeness (QED) is 0.637. The first-order valence-corrected chi connectivity index (χ1v) is 4.86. The summed E-state index contributed by atoms with van der Waals surface area (Å²) in [6, 6.07) is 1.45. The maximum Gasteiger partial charge on any atom is 0.153 e. The fourth-order valence-corrected chi connectivity index (χ4v) is 1.99. The molecule has 0 aliphatic rings. The van der Waals surface area contributed by atoms with Crippen LogP contribution in [0, 0.1) is 0 Å². The molecule has 5 heteroatoms. The number of carbonyl (C=O) groups excluding carboxylic acids is 1. The first kappa shape index (κ1) is 10.0. The number of carbonyl (C=O) groups is 1. The molecule has 0 fully saturated rings. The van der Waals surface area contributed by atoms with Gasteiger partial charge in [0.15, 0.2) is 6.29 Å². The van der Waals surface area contributed by atoms with Crippen LogP contribution >= 0.6 is 43.5 Å². The summed E-state index contributed by atoms with van der Waals surface area (Å²) in [5.74, 6) is -0.141. The van der Waals surface area contributed by atoms with E-state index < -0.39 is 0 Å². The Morgan fingerprint density at radius 3 is 2.58 bits per heavy atom. The molecule has 0 saturated carbocycles. The Morgan fingerprint density at radius 1 is 1.50 bits per heavy atom. The van der Waals surface area contributed by atoms with E-state index in [4.69, 9.17) is 11.6 Å². The van der Waals surface area contributed by atoms with Gasteiger partial charge in [0.2, 0.25) is 0 Å². The van der Waals surface area contributed by atoms with Gasteiger partial charge >= 0.3 is 0 Å². The van der Waals surface area contributed by atoms with E-state index in [9.17, 15) is 9.90 Å². The van der Waals surface area contributed by atoms with Crippen molar-refractivity contribution in [1.29, 1.82) is 0 Å². The lowest BCUT2D eigenvalue weighted by Crippen LogP contribution is -1.84. The van der Waals surface area contributed by atoms with Crippen LogP contribution in [0.2, 0.25) is 5.02 Å². The molecule has 64 valence electrons. The summed E-state index contributed by atoms with van der Waals surface area (Å²) < 4.78 is 0.886. The Bertz CT molecular complexity index is 339. The molecule has 2 nitrogen and oxygen atoms in total. The van der Waals surface area contributed by atoms with Crippen molar-refractivity contribution in [2.75, 3.05) is 0 Å². The van der Waals surface area contributed by atoms with Crippen molar-refractivity contribution < 1.29 is 9.90 Å². The second-order valence-electron chi connectivity index (χ2n) is 2.04. The number of rotatable bonds is 1. The zero-order valence-electron chi connectivity index (χ0n) is 5.64. The molecule has 12 heavy (non-hydrogen) atoms. The Morgan fingerprint density at radius 2 is 2.08 bits per heavy atom. The number of benzene rings is 1. The Balaban J connectivity index is 3.49. The highest BCUT2D eigenvalue weighted by atomic mass is 79.9. The maximum absolute atomic E-state index is 10.4. The van der Waals surface area contributed by atoms with Crippen molar-refractivity contribution in [2.24, 2.45) is 0 Å². The second kappa shape index (κ2) is 3.77. The average molecular weight is 314 g/mol. The van der Waals surface area contributed by atoms with Gasteiger partial charge in [-0.05, 0) is 37.9 Å². The van der Waals surface area contributed by atoms with Crippen LogP contribution in [0.1, 0.15) is 10.4 Å². The SMILES string of the molecule is O=Cc1cc(Br)c(Cl)c(Br)c1O. The third-order valence-corrected chi connectivity index (χ3v) is 3.54. The maximum atomic E-state index is 10.4. The highest BCUT2D eigenvalue weighted by Gasteiger charge is 2.11. The third-order valence-electron chi connectivity index (χ3n) is 1.29. The van der Waals surface area contributed by atoms with Crippen molar-refractivity contribution >= 4 is 49.7 Å². The van der Waals surface area contributed by atoms with Crippen molar-refractivity contribution in [3.63, 3.8) is 0 Å². The van der Waals surface area contributed by atoms with Crippen LogP contribution in [0.25, 0.3) is 0 Å². The number of phenols is 1. The van der Waals surface area contributed by atoms with Gasteiger partial charge in [0.1, 0.15) is 5.75 Å². The van der Waals surface area contributed by atoms with Gasteiger partial charge in [-0.1, -0.05) is 11.6 Å². The molecule has 1 rings (SSSR count). The zero-order chi connectivity index (χ0) is 9.30. The molecule has 0 bridgehead atoms. The molecule has 0 heterocycles. The van der Waals surface area contributed by atoms with Crippen LogP contribution in [-0.2, 0) is 0 Å². The fraction of sp³-hybridized carbons (Fsp3) is 0. The summed E-state index contributed by atoms with van der Waals surface area (Å²) in [7, 11) is 0. The molecular weight excluding hydrogens is 311 g/mol. The number of halogens is 3. The van der Waals surface area contributed by atoms with Crippen molar-refractivity contribution in [2.45, 2.75) is 0 Å². The van der Waals surface area contributed by atoms with Crippen LogP contribution in [0.5, 0.6) is 5.75 Å². The molecule has 0 saturated heterocycles. The lowest BCUT2D eigenvalue weighted by molar-refractivity contribution is 0.112.